The van der Waals surface area contributed by atoms with Gasteiger partial charge >= 0.3 is 0 Å². The number of rotatable bonds is 6. The van der Waals surface area contributed by atoms with E-state index < -0.39 is 23.0 Å². The lowest BCUT2D eigenvalue weighted by molar-refractivity contribution is 0.153. The molecule has 0 bridgehead atoms. The number of thiophene rings is 1. The third-order valence-corrected chi connectivity index (χ3v) is 4.78. The van der Waals surface area contributed by atoms with Crippen molar-refractivity contribution < 1.29 is 17.2 Å². The van der Waals surface area contributed by atoms with E-state index in [9.17, 15) is 17.2 Å². The Bertz CT molecular complexity index is 431. The largest absolute Gasteiger partial charge is 0.330 e. The van der Waals surface area contributed by atoms with Gasteiger partial charge in [-0.05, 0) is 25.1 Å². The Balaban J connectivity index is 2.74. The predicted molar refractivity (Wildman–Crippen MR) is 58.3 cm³/mol. The van der Waals surface area contributed by atoms with Crippen LogP contribution in [0.2, 0.25) is 0 Å². The molecule has 0 fully saturated rings. The van der Waals surface area contributed by atoms with Gasteiger partial charge < -0.3 is 5.73 Å². The zero-order valence-corrected chi connectivity index (χ0v) is 9.95. The minimum Gasteiger partial charge on any atom is -0.330 e. The topological polar surface area (TPSA) is 72.2 Å². The van der Waals surface area contributed by atoms with E-state index in [-0.39, 0.29) is 4.21 Å². The van der Waals surface area contributed by atoms with Gasteiger partial charge in [0.25, 0.3) is 6.43 Å². The van der Waals surface area contributed by atoms with Crippen molar-refractivity contribution in [2.75, 3.05) is 13.1 Å². The van der Waals surface area contributed by atoms with Crippen molar-refractivity contribution in [3.05, 3.63) is 17.0 Å². The van der Waals surface area contributed by atoms with E-state index in [1.807, 2.05) is 4.72 Å². The average molecular weight is 270 g/mol. The van der Waals surface area contributed by atoms with Gasteiger partial charge in [-0.15, -0.1) is 11.3 Å². The molecule has 0 aliphatic rings. The quantitative estimate of drug-likeness (QED) is 0.803. The molecular weight excluding hydrogens is 258 g/mol. The summed E-state index contributed by atoms with van der Waals surface area (Å²) in [7, 11) is -3.81. The number of nitrogens with one attached hydrogen (secondary N) is 1. The van der Waals surface area contributed by atoms with E-state index in [0.717, 1.165) is 16.2 Å². The highest BCUT2D eigenvalue weighted by atomic mass is 32.2. The number of hydrogen-bond acceptors (Lipinski definition) is 4. The molecule has 0 aromatic carbocycles. The van der Waals surface area contributed by atoms with Crippen LogP contribution in [0.1, 0.15) is 4.88 Å². The van der Waals surface area contributed by atoms with Crippen LogP contribution in [0, 0.1) is 0 Å². The van der Waals surface area contributed by atoms with Gasteiger partial charge in [-0.2, -0.15) is 0 Å². The maximum atomic E-state index is 11.9. The second-order valence-corrected chi connectivity index (χ2v) is 6.16. The van der Waals surface area contributed by atoms with E-state index in [2.05, 4.69) is 0 Å². The van der Waals surface area contributed by atoms with Crippen molar-refractivity contribution >= 4 is 21.4 Å². The first kappa shape index (κ1) is 13.5. The number of halogens is 2. The summed E-state index contributed by atoms with van der Waals surface area (Å²) in [6, 6.07) is 3.03. The number of sulfonamides is 1. The molecule has 0 saturated carbocycles. The molecule has 8 heteroatoms. The fourth-order valence-corrected chi connectivity index (χ4v) is 3.45. The first-order chi connectivity index (χ1) is 7.45. The molecule has 0 aliphatic carbocycles. The standard InChI is InChI=1S/C8H12F2N2O2S2/c9-7(10)5-12-16(13,14)8-2-1-6(15-8)3-4-11/h1-2,7,12H,3-5,11H2. The summed E-state index contributed by atoms with van der Waals surface area (Å²) in [5.41, 5.74) is 5.32. The summed E-state index contributed by atoms with van der Waals surface area (Å²) >= 11 is 1.04. The zero-order valence-electron chi connectivity index (χ0n) is 8.32. The van der Waals surface area contributed by atoms with Gasteiger partial charge in [-0.1, -0.05) is 0 Å². The Hall–Kier alpha value is -0.570. The summed E-state index contributed by atoms with van der Waals surface area (Å²) in [5.74, 6) is 0. The van der Waals surface area contributed by atoms with Gasteiger partial charge in [0.1, 0.15) is 4.21 Å². The molecular formula is C8H12F2N2O2S2. The Labute approximate surface area is 96.5 Å². The fourth-order valence-electron chi connectivity index (χ4n) is 1.02. The molecule has 0 spiro atoms. The molecule has 1 aromatic heterocycles. The van der Waals surface area contributed by atoms with Gasteiger partial charge in [0.15, 0.2) is 0 Å². The molecule has 4 nitrogen and oxygen atoms in total. The van der Waals surface area contributed by atoms with Crippen molar-refractivity contribution in [2.45, 2.75) is 17.1 Å². The minimum absolute atomic E-state index is 0.0385. The van der Waals surface area contributed by atoms with Crippen LogP contribution in [0.25, 0.3) is 0 Å². The Morgan fingerprint density at radius 2 is 2.12 bits per heavy atom. The Morgan fingerprint density at radius 1 is 1.44 bits per heavy atom. The predicted octanol–water partition coefficient (Wildman–Crippen LogP) is 0.793. The van der Waals surface area contributed by atoms with E-state index in [4.69, 9.17) is 5.73 Å². The highest BCUT2D eigenvalue weighted by Crippen LogP contribution is 2.21. The number of alkyl halides is 2. The van der Waals surface area contributed by atoms with Gasteiger partial charge in [-0.3, -0.25) is 0 Å². The molecule has 0 radical (unpaired) electrons. The summed E-state index contributed by atoms with van der Waals surface area (Å²) in [4.78, 5) is 0.819. The van der Waals surface area contributed by atoms with Gasteiger partial charge in [0.2, 0.25) is 10.0 Å². The first-order valence-electron chi connectivity index (χ1n) is 4.52. The normalized spacial score (nSPS) is 12.2. The first-order valence-corrected chi connectivity index (χ1v) is 6.82. The van der Waals surface area contributed by atoms with Crippen molar-refractivity contribution in [2.24, 2.45) is 5.73 Å². The van der Waals surface area contributed by atoms with Crippen LogP contribution in [-0.4, -0.2) is 27.9 Å². The van der Waals surface area contributed by atoms with Gasteiger partial charge in [0, 0.05) is 4.88 Å². The lowest BCUT2D eigenvalue weighted by Crippen LogP contribution is -2.27. The lowest BCUT2D eigenvalue weighted by atomic mass is 10.3. The lowest BCUT2D eigenvalue weighted by Gasteiger charge is -2.02. The van der Waals surface area contributed by atoms with Gasteiger partial charge in [-0.25, -0.2) is 21.9 Å². The highest BCUT2D eigenvalue weighted by molar-refractivity contribution is 7.91. The van der Waals surface area contributed by atoms with Gasteiger partial charge in [0.05, 0.1) is 6.54 Å². The SMILES string of the molecule is NCCc1ccc(S(=O)(=O)NCC(F)F)s1. The Morgan fingerprint density at radius 3 is 2.69 bits per heavy atom. The van der Waals surface area contributed by atoms with Crippen LogP contribution in [0.5, 0.6) is 0 Å². The smallest absolute Gasteiger partial charge is 0.251 e. The van der Waals surface area contributed by atoms with E-state index in [1.54, 1.807) is 6.07 Å². The van der Waals surface area contributed by atoms with E-state index in [1.165, 1.54) is 6.07 Å². The van der Waals surface area contributed by atoms with Crippen LogP contribution in [0.4, 0.5) is 8.78 Å². The third kappa shape index (κ3) is 3.78. The van der Waals surface area contributed by atoms with Crippen molar-refractivity contribution in [3.63, 3.8) is 0 Å². The maximum absolute atomic E-state index is 11.9. The van der Waals surface area contributed by atoms with Crippen molar-refractivity contribution in [1.82, 2.24) is 4.72 Å². The van der Waals surface area contributed by atoms with Crippen molar-refractivity contribution in [1.29, 1.82) is 0 Å². The Kier molecular flexibility index (Phi) is 4.78. The summed E-state index contributed by atoms with van der Waals surface area (Å²) in [6.07, 6.45) is -2.12. The average Bonchev–Trinajstić information content (AvgIpc) is 2.65. The molecule has 0 saturated heterocycles. The zero-order chi connectivity index (χ0) is 12.2. The molecule has 16 heavy (non-hydrogen) atoms. The molecule has 0 atom stereocenters. The van der Waals surface area contributed by atoms with Crippen LogP contribution in [-0.2, 0) is 16.4 Å². The molecule has 0 amide bonds. The number of hydrogen-bond donors (Lipinski definition) is 2. The van der Waals surface area contributed by atoms with E-state index >= 15 is 0 Å². The third-order valence-electron chi connectivity index (χ3n) is 1.72. The molecule has 0 unspecified atom stereocenters. The summed E-state index contributed by atoms with van der Waals surface area (Å²) in [5, 5.41) is 0. The molecule has 92 valence electrons. The highest BCUT2D eigenvalue weighted by Gasteiger charge is 2.18. The molecule has 1 aromatic rings. The van der Waals surface area contributed by atoms with Crippen LogP contribution >= 0.6 is 11.3 Å². The van der Waals surface area contributed by atoms with Crippen LogP contribution < -0.4 is 10.5 Å². The second kappa shape index (κ2) is 5.67. The summed E-state index contributed by atoms with van der Waals surface area (Å²) < 4.78 is 48.6. The molecule has 3 N–H and O–H groups in total. The van der Waals surface area contributed by atoms with Crippen molar-refractivity contribution in [3.8, 4) is 0 Å². The fraction of sp³-hybridized carbons (Fsp3) is 0.500. The molecule has 1 rings (SSSR count). The minimum atomic E-state index is -3.81. The maximum Gasteiger partial charge on any atom is 0.251 e. The monoisotopic (exact) mass is 270 g/mol. The summed E-state index contributed by atoms with van der Waals surface area (Å²) in [6.45, 7) is -0.448. The molecule has 1 heterocycles. The van der Waals surface area contributed by atoms with Crippen LogP contribution in [0.15, 0.2) is 16.3 Å². The van der Waals surface area contributed by atoms with E-state index in [0.29, 0.717) is 13.0 Å². The molecule has 0 aliphatic heterocycles. The number of nitrogens with two attached hydrogens (primary N) is 1. The second-order valence-electron chi connectivity index (χ2n) is 3.00. The van der Waals surface area contributed by atoms with Crippen LogP contribution in [0.3, 0.4) is 0 Å².